The van der Waals surface area contributed by atoms with Gasteiger partial charge in [-0.2, -0.15) is 0 Å². The molecule has 1 atom stereocenters. The highest BCUT2D eigenvalue weighted by atomic mass is 127. The molecule has 0 aliphatic heterocycles. The summed E-state index contributed by atoms with van der Waals surface area (Å²) in [6, 6.07) is 12.0. The van der Waals surface area contributed by atoms with Crippen LogP contribution in [0, 0.1) is 3.57 Å². The normalized spacial score (nSPS) is 12.7. The molecule has 1 nitrogen and oxygen atoms in total. The fourth-order valence-electron chi connectivity index (χ4n) is 1.33. The van der Waals surface area contributed by atoms with Crippen molar-refractivity contribution in [3.05, 3.63) is 54.7 Å². The minimum atomic E-state index is -0.0699. The zero-order valence-corrected chi connectivity index (χ0v) is 11.5. The Balaban J connectivity index is 2.28. The molecule has 1 aromatic carbocycles. The third-order valence-electron chi connectivity index (χ3n) is 2.13. The van der Waals surface area contributed by atoms with E-state index >= 15 is 0 Å². The lowest BCUT2D eigenvalue weighted by atomic mass is 10.1. The first-order chi connectivity index (χ1) is 7.16. The van der Waals surface area contributed by atoms with Gasteiger partial charge in [-0.1, -0.05) is 23.7 Å². The minimum absolute atomic E-state index is 0.0699. The third-order valence-corrected chi connectivity index (χ3v) is 4.16. The van der Waals surface area contributed by atoms with E-state index in [4.69, 9.17) is 17.3 Å². The summed E-state index contributed by atoms with van der Waals surface area (Å²) in [4.78, 5) is 1.10. The van der Waals surface area contributed by atoms with Crippen LogP contribution in [0.25, 0.3) is 0 Å². The van der Waals surface area contributed by atoms with Crippen LogP contribution in [0.2, 0.25) is 4.34 Å². The summed E-state index contributed by atoms with van der Waals surface area (Å²) >= 11 is 9.69. The minimum Gasteiger partial charge on any atom is -0.320 e. The van der Waals surface area contributed by atoms with Gasteiger partial charge in [0, 0.05) is 8.45 Å². The fourth-order valence-corrected chi connectivity index (χ4v) is 2.78. The van der Waals surface area contributed by atoms with Crippen LogP contribution >= 0.6 is 45.5 Å². The Morgan fingerprint density at radius 3 is 2.33 bits per heavy atom. The molecule has 0 saturated heterocycles. The Morgan fingerprint density at radius 1 is 1.13 bits per heavy atom. The number of nitrogens with two attached hydrogens (primary N) is 1. The van der Waals surface area contributed by atoms with Crippen LogP contribution in [0.15, 0.2) is 36.4 Å². The van der Waals surface area contributed by atoms with Crippen LogP contribution in [0.4, 0.5) is 0 Å². The van der Waals surface area contributed by atoms with E-state index in [2.05, 4.69) is 46.9 Å². The molecule has 4 heteroatoms. The maximum Gasteiger partial charge on any atom is 0.0931 e. The van der Waals surface area contributed by atoms with E-state index in [1.807, 2.05) is 12.1 Å². The van der Waals surface area contributed by atoms with Gasteiger partial charge in [-0.15, -0.1) is 11.3 Å². The highest BCUT2D eigenvalue weighted by molar-refractivity contribution is 14.1. The predicted molar refractivity (Wildman–Crippen MR) is 74.5 cm³/mol. The largest absolute Gasteiger partial charge is 0.320 e. The van der Waals surface area contributed by atoms with Crippen molar-refractivity contribution in [1.82, 2.24) is 0 Å². The van der Waals surface area contributed by atoms with Gasteiger partial charge in [0.1, 0.15) is 0 Å². The summed E-state index contributed by atoms with van der Waals surface area (Å²) in [5.41, 5.74) is 7.25. The molecule has 0 aliphatic carbocycles. The van der Waals surface area contributed by atoms with Gasteiger partial charge in [0.2, 0.25) is 0 Å². The van der Waals surface area contributed by atoms with E-state index in [0.29, 0.717) is 0 Å². The van der Waals surface area contributed by atoms with Crippen molar-refractivity contribution in [1.29, 1.82) is 0 Å². The zero-order valence-electron chi connectivity index (χ0n) is 7.78. The predicted octanol–water partition coefficient (Wildman–Crippen LogP) is 4.05. The smallest absolute Gasteiger partial charge is 0.0931 e. The van der Waals surface area contributed by atoms with Crippen molar-refractivity contribution in [3.8, 4) is 0 Å². The number of hydrogen-bond acceptors (Lipinski definition) is 2. The van der Waals surface area contributed by atoms with Crippen molar-refractivity contribution in [2.45, 2.75) is 6.04 Å². The Labute approximate surface area is 111 Å². The van der Waals surface area contributed by atoms with Gasteiger partial charge < -0.3 is 5.73 Å². The maximum absolute atomic E-state index is 6.13. The molecule has 1 aromatic heterocycles. The monoisotopic (exact) mass is 349 g/mol. The van der Waals surface area contributed by atoms with Crippen molar-refractivity contribution in [2.75, 3.05) is 0 Å². The molecule has 0 radical (unpaired) electrons. The molecule has 0 aliphatic rings. The lowest BCUT2D eigenvalue weighted by Crippen LogP contribution is -2.09. The molecule has 1 unspecified atom stereocenters. The Kier molecular flexibility index (Phi) is 3.66. The molecule has 0 saturated carbocycles. The molecular weight excluding hydrogens is 341 g/mol. The Bertz CT molecular complexity index is 452. The summed E-state index contributed by atoms with van der Waals surface area (Å²) in [5.74, 6) is 0. The second-order valence-electron chi connectivity index (χ2n) is 3.17. The molecule has 0 fully saturated rings. The van der Waals surface area contributed by atoms with Gasteiger partial charge in [0.25, 0.3) is 0 Å². The summed E-state index contributed by atoms with van der Waals surface area (Å²) < 4.78 is 2.00. The average Bonchev–Trinajstić information content (AvgIpc) is 2.65. The van der Waals surface area contributed by atoms with Crippen LogP contribution in [-0.2, 0) is 0 Å². The van der Waals surface area contributed by atoms with E-state index in [1.165, 1.54) is 14.9 Å². The van der Waals surface area contributed by atoms with E-state index in [0.717, 1.165) is 14.8 Å². The van der Waals surface area contributed by atoms with Gasteiger partial charge in [0.15, 0.2) is 0 Å². The maximum atomic E-state index is 6.13. The first kappa shape index (κ1) is 11.4. The van der Waals surface area contributed by atoms with Crippen molar-refractivity contribution in [2.24, 2.45) is 5.73 Å². The topological polar surface area (TPSA) is 26.0 Å². The van der Waals surface area contributed by atoms with Gasteiger partial charge in [-0.25, -0.2) is 0 Å². The lowest BCUT2D eigenvalue weighted by molar-refractivity contribution is 0.893. The molecule has 15 heavy (non-hydrogen) atoms. The third kappa shape index (κ3) is 2.72. The number of benzene rings is 1. The Hall–Kier alpha value is -0.100. The lowest BCUT2D eigenvalue weighted by Gasteiger charge is -2.09. The number of rotatable bonds is 2. The molecule has 2 rings (SSSR count). The fraction of sp³-hybridized carbons (Fsp3) is 0.0909. The summed E-state index contributed by atoms with van der Waals surface area (Å²) in [6.07, 6.45) is 0. The highest BCUT2D eigenvalue weighted by Crippen LogP contribution is 2.29. The summed E-state index contributed by atoms with van der Waals surface area (Å²) in [6.45, 7) is 0. The van der Waals surface area contributed by atoms with Gasteiger partial charge in [0.05, 0.1) is 10.4 Å². The standard InChI is InChI=1S/C11H9ClINS/c12-10-6-5-9(15-10)11(14)7-1-3-8(13)4-2-7/h1-6,11H,14H2. The van der Waals surface area contributed by atoms with Crippen LogP contribution in [0.5, 0.6) is 0 Å². The van der Waals surface area contributed by atoms with E-state index in [-0.39, 0.29) is 6.04 Å². The van der Waals surface area contributed by atoms with Crippen molar-refractivity contribution >= 4 is 45.5 Å². The second-order valence-corrected chi connectivity index (χ2v) is 6.16. The second kappa shape index (κ2) is 4.82. The van der Waals surface area contributed by atoms with Crippen LogP contribution in [0.3, 0.4) is 0 Å². The molecule has 2 aromatic rings. The van der Waals surface area contributed by atoms with E-state index in [1.54, 1.807) is 0 Å². The van der Waals surface area contributed by atoms with Crippen LogP contribution < -0.4 is 5.73 Å². The number of halogens is 2. The summed E-state index contributed by atoms with van der Waals surface area (Å²) in [5, 5.41) is 0. The molecule has 1 heterocycles. The number of hydrogen-bond donors (Lipinski definition) is 1. The molecule has 0 spiro atoms. The molecular formula is C11H9ClINS. The first-order valence-electron chi connectivity index (χ1n) is 4.43. The average molecular weight is 350 g/mol. The number of thiophene rings is 1. The molecule has 2 N–H and O–H groups in total. The zero-order chi connectivity index (χ0) is 10.8. The van der Waals surface area contributed by atoms with E-state index in [9.17, 15) is 0 Å². The highest BCUT2D eigenvalue weighted by Gasteiger charge is 2.10. The first-order valence-corrected chi connectivity index (χ1v) is 6.70. The Morgan fingerprint density at radius 2 is 1.80 bits per heavy atom. The van der Waals surface area contributed by atoms with Crippen LogP contribution in [0.1, 0.15) is 16.5 Å². The molecule has 78 valence electrons. The summed E-state index contributed by atoms with van der Waals surface area (Å²) in [7, 11) is 0. The van der Waals surface area contributed by atoms with Gasteiger partial charge in [-0.3, -0.25) is 0 Å². The van der Waals surface area contributed by atoms with Gasteiger partial charge >= 0.3 is 0 Å². The van der Waals surface area contributed by atoms with Crippen LogP contribution in [-0.4, -0.2) is 0 Å². The SMILES string of the molecule is NC(c1ccc(I)cc1)c1ccc(Cl)s1. The van der Waals surface area contributed by atoms with Gasteiger partial charge in [-0.05, 0) is 52.4 Å². The van der Waals surface area contributed by atoms with Crippen molar-refractivity contribution < 1.29 is 0 Å². The van der Waals surface area contributed by atoms with E-state index < -0.39 is 0 Å². The quantitative estimate of drug-likeness (QED) is 0.813. The molecule has 0 bridgehead atoms. The molecule has 0 amide bonds. The van der Waals surface area contributed by atoms with Crippen molar-refractivity contribution in [3.63, 3.8) is 0 Å².